The van der Waals surface area contributed by atoms with Crippen molar-refractivity contribution >= 4 is 27.4 Å². The van der Waals surface area contributed by atoms with Gasteiger partial charge in [0.05, 0.1) is 10.8 Å². The van der Waals surface area contributed by atoms with Gasteiger partial charge in [0.1, 0.15) is 4.90 Å². The van der Waals surface area contributed by atoms with Crippen molar-refractivity contribution in [3.8, 4) is 0 Å². The Morgan fingerprint density at radius 3 is 2.38 bits per heavy atom. The molecule has 0 aliphatic heterocycles. The van der Waals surface area contributed by atoms with E-state index in [-0.39, 0.29) is 22.3 Å². The van der Waals surface area contributed by atoms with Crippen LogP contribution in [0.4, 0.5) is 8.78 Å². The van der Waals surface area contributed by atoms with Crippen LogP contribution in [0.25, 0.3) is 0 Å². The summed E-state index contributed by atoms with van der Waals surface area (Å²) in [6, 6.07) is 7.59. The summed E-state index contributed by atoms with van der Waals surface area (Å²) in [7, 11) is -4.24. The molecule has 1 fully saturated rings. The molecule has 3 unspecified atom stereocenters. The first-order valence-corrected chi connectivity index (χ1v) is 11.2. The number of rotatable bonds is 5. The van der Waals surface area contributed by atoms with Crippen molar-refractivity contribution in [1.82, 2.24) is 0 Å². The van der Waals surface area contributed by atoms with E-state index in [1.165, 1.54) is 30.3 Å². The molecule has 0 aromatic heterocycles. The Hall–Kier alpha value is -1.99. The minimum absolute atomic E-state index is 0.0971. The Morgan fingerprint density at radius 2 is 1.76 bits per heavy atom. The van der Waals surface area contributed by atoms with Crippen molar-refractivity contribution in [1.29, 1.82) is 0 Å². The number of hydrogen-bond acceptors (Lipinski definition) is 3. The monoisotopic (exact) mass is 442 g/mol. The van der Waals surface area contributed by atoms with Gasteiger partial charge in [-0.25, -0.2) is 17.2 Å². The summed E-state index contributed by atoms with van der Waals surface area (Å²) in [5.41, 5.74) is 0.0971. The van der Waals surface area contributed by atoms with Crippen LogP contribution in [0.5, 0.6) is 0 Å². The van der Waals surface area contributed by atoms with Crippen LogP contribution in [0.15, 0.2) is 46.2 Å². The summed E-state index contributed by atoms with van der Waals surface area (Å²) in [5.74, 6) is -4.56. The summed E-state index contributed by atoms with van der Waals surface area (Å²) in [6.07, 6.45) is 2.45. The molecule has 3 rings (SSSR count). The lowest BCUT2D eigenvalue weighted by atomic mass is 9.73. The Labute approximate surface area is 173 Å². The molecule has 0 radical (unpaired) electrons. The predicted molar refractivity (Wildman–Crippen MR) is 105 cm³/mol. The minimum Gasteiger partial charge on any atom is -0.481 e. The van der Waals surface area contributed by atoms with E-state index in [1.54, 1.807) is 6.92 Å². The maximum atomic E-state index is 14.9. The van der Waals surface area contributed by atoms with Crippen LogP contribution in [0.3, 0.4) is 0 Å². The third kappa shape index (κ3) is 4.31. The van der Waals surface area contributed by atoms with Crippen molar-refractivity contribution in [2.45, 2.75) is 48.3 Å². The summed E-state index contributed by atoms with van der Waals surface area (Å²) in [6.45, 7) is 1.62. The smallest absolute Gasteiger partial charge is 0.306 e. The van der Waals surface area contributed by atoms with Gasteiger partial charge in [0.25, 0.3) is 0 Å². The first-order valence-electron chi connectivity index (χ1n) is 9.34. The number of carbonyl (C=O) groups is 1. The fourth-order valence-electron chi connectivity index (χ4n) is 3.98. The lowest BCUT2D eigenvalue weighted by Crippen LogP contribution is -2.26. The van der Waals surface area contributed by atoms with Crippen LogP contribution < -0.4 is 0 Å². The molecule has 29 heavy (non-hydrogen) atoms. The summed E-state index contributed by atoms with van der Waals surface area (Å²) in [5, 5.41) is 9.56. The average molecular weight is 443 g/mol. The number of hydrogen-bond donors (Lipinski definition) is 1. The molecule has 0 amide bonds. The molecule has 1 N–H and O–H groups in total. The van der Waals surface area contributed by atoms with Gasteiger partial charge in [-0.2, -0.15) is 0 Å². The van der Waals surface area contributed by atoms with E-state index in [0.29, 0.717) is 24.3 Å². The topological polar surface area (TPSA) is 71.4 Å². The Morgan fingerprint density at radius 1 is 1.10 bits per heavy atom. The van der Waals surface area contributed by atoms with Crippen molar-refractivity contribution in [3.05, 3.63) is 58.6 Å². The van der Waals surface area contributed by atoms with Gasteiger partial charge in [0, 0.05) is 5.02 Å². The zero-order chi connectivity index (χ0) is 21.3. The second kappa shape index (κ2) is 8.40. The number of halogens is 3. The third-order valence-corrected chi connectivity index (χ3v) is 7.78. The van der Waals surface area contributed by atoms with E-state index in [0.717, 1.165) is 12.5 Å². The highest BCUT2D eigenvalue weighted by Gasteiger charge is 2.33. The largest absolute Gasteiger partial charge is 0.481 e. The molecule has 0 bridgehead atoms. The van der Waals surface area contributed by atoms with Gasteiger partial charge in [-0.05, 0) is 67.0 Å². The van der Waals surface area contributed by atoms with E-state index in [2.05, 4.69) is 0 Å². The molecule has 3 atom stereocenters. The minimum atomic E-state index is -4.24. The van der Waals surface area contributed by atoms with Crippen molar-refractivity contribution in [2.24, 2.45) is 11.8 Å². The van der Waals surface area contributed by atoms with Gasteiger partial charge in [0.15, 0.2) is 11.6 Å². The zero-order valence-corrected chi connectivity index (χ0v) is 17.3. The van der Waals surface area contributed by atoms with E-state index >= 15 is 0 Å². The molecule has 1 aliphatic carbocycles. The van der Waals surface area contributed by atoms with Gasteiger partial charge in [-0.15, -0.1) is 0 Å². The molecule has 0 saturated heterocycles. The van der Waals surface area contributed by atoms with Gasteiger partial charge in [-0.1, -0.05) is 31.0 Å². The van der Waals surface area contributed by atoms with Crippen LogP contribution in [0.2, 0.25) is 5.02 Å². The van der Waals surface area contributed by atoms with Gasteiger partial charge in [0.2, 0.25) is 9.84 Å². The second-order valence-corrected chi connectivity index (χ2v) is 9.84. The molecule has 0 spiro atoms. The predicted octanol–water partition coefficient (Wildman–Crippen LogP) is 5.45. The molecule has 1 aliphatic rings. The molecule has 156 valence electrons. The zero-order valence-electron chi connectivity index (χ0n) is 15.7. The Bertz CT molecular complexity index is 1020. The Balaban J connectivity index is 1.94. The van der Waals surface area contributed by atoms with Crippen LogP contribution in [-0.4, -0.2) is 19.5 Å². The molecule has 2 aromatic carbocycles. The average Bonchev–Trinajstić information content (AvgIpc) is 2.69. The lowest BCUT2D eigenvalue weighted by Gasteiger charge is -2.32. The molecular weight excluding hydrogens is 422 g/mol. The number of benzene rings is 2. The first kappa shape index (κ1) is 21.7. The third-order valence-electron chi connectivity index (χ3n) is 5.74. The lowest BCUT2D eigenvalue weighted by molar-refractivity contribution is -0.143. The highest BCUT2D eigenvalue weighted by Crippen LogP contribution is 2.41. The van der Waals surface area contributed by atoms with Crippen molar-refractivity contribution in [2.75, 3.05) is 0 Å². The molecular formula is C21H21ClF2O4S. The van der Waals surface area contributed by atoms with Crippen LogP contribution in [-0.2, 0) is 14.6 Å². The number of sulfone groups is 1. The summed E-state index contributed by atoms with van der Waals surface area (Å²) < 4.78 is 55.1. The molecule has 1 saturated carbocycles. The summed E-state index contributed by atoms with van der Waals surface area (Å²) in [4.78, 5) is 10.4. The standard InChI is InChI=1S/C21H21ClF2O4S/c1-12(21(25)26)13-3-2-4-14(11-13)17-9-10-18(20(24)19(17)23)29(27,28)16-7-5-15(22)6-8-16/h5-10,12-14H,2-4,11H2,1H3,(H,25,26). The summed E-state index contributed by atoms with van der Waals surface area (Å²) >= 11 is 5.76. The van der Waals surface area contributed by atoms with E-state index in [9.17, 15) is 27.1 Å². The fourth-order valence-corrected chi connectivity index (χ4v) is 5.42. The number of carboxylic acids is 1. The maximum absolute atomic E-state index is 14.9. The van der Waals surface area contributed by atoms with Crippen LogP contribution in [0.1, 0.15) is 44.1 Å². The quantitative estimate of drug-likeness (QED) is 0.668. The first-order chi connectivity index (χ1) is 13.6. The van der Waals surface area contributed by atoms with E-state index < -0.39 is 38.3 Å². The molecule has 2 aromatic rings. The highest BCUT2D eigenvalue weighted by atomic mass is 35.5. The highest BCUT2D eigenvalue weighted by molar-refractivity contribution is 7.91. The van der Waals surface area contributed by atoms with Crippen LogP contribution in [0, 0.1) is 23.5 Å². The number of carboxylic acid groups (broad SMARTS) is 1. The van der Waals surface area contributed by atoms with Gasteiger partial charge < -0.3 is 5.11 Å². The molecule has 4 nitrogen and oxygen atoms in total. The van der Waals surface area contributed by atoms with Gasteiger partial charge in [-0.3, -0.25) is 4.79 Å². The maximum Gasteiger partial charge on any atom is 0.306 e. The van der Waals surface area contributed by atoms with Gasteiger partial charge >= 0.3 is 5.97 Å². The van der Waals surface area contributed by atoms with Crippen LogP contribution >= 0.6 is 11.6 Å². The van der Waals surface area contributed by atoms with E-state index in [1.807, 2.05) is 0 Å². The van der Waals surface area contributed by atoms with E-state index in [4.69, 9.17) is 11.6 Å². The second-order valence-electron chi connectivity index (χ2n) is 7.49. The molecule has 8 heteroatoms. The van der Waals surface area contributed by atoms with Crippen molar-refractivity contribution in [3.63, 3.8) is 0 Å². The molecule has 0 heterocycles. The van der Waals surface area contributed by atoms with Crippen molar-refractivity contribution < 1.29 is 27.1 Å². The SMILES string of the molecule is CC(C(=O)O)C1CCCC(c2ccc(S(=O)(=O)c3ccc(Cl)cc3)c(F)c2F)C1. The normalized spacial score (nSPS) is 21.0. The Kier molecular flexibility index (Phi) is 6.29. The fraction of sp³-hybridized carbons (Fsp3) is 0.381. The number of aliphatic carboxylic acids is 1.